The maximum atomic E-state index is 5.98. The number of fused-ring (bicyclic) bond motifs is 1. The fourth-order valence-electron chi connectivity index (χ4n) is 1.76. The van der Waals surface area contributed by atoms with Gasteiger partial charge < -0.3 is 11.1 Å². The normalized spacial score (nSPS) is 10.8. The number of benzene rings is 1. The Morgan fingerprint density at radius 1 is 1.05 bits per heavy atom. The van der Waals surface area contributed by atoms with Gasteiger partial charge in [-0.05, 0) is 18.2 Å². The van der Waals surface area contributed by atoms with Crippen LogP contribution in [0.4, 0.5) is 11.6 Å². The van der Waals surface area contributed by atoms with Crippen LogP contribution in [0.25, 0.3) is 11.0 Å². The molecule has 0 saturated carbocycles. The lowest BCUT2D eigenvalue weighted by Gasteiger charge is -2.06. The van der Waals surface area contributed by atoms with Crippen molar-refractivity contribution in [3.05, 3.63) is 46.5 Å². The van der Waals surface area contributed by atoms with E-state index < -0.39 is 0 Å². The number of anilines is 2. The molecule has 0 radical (unpaired) electrons. The molecule has 6 nitrogen and oxygen atoms in total. The first-order valence-electron chi connectivity index (χ1n) is 6.05. The predicted molar refractivity (Wildman–Crippen MR) is 83.3 cm³/mol. The van der Waals surface area contributed by atoms with Crippen LogP contribution in [-0.2, 0) is 6.54 Å². The molecule has 3 N–H and O–H groups in total. The number of nitrogens with two attached hydrogens (primary N) is 1. The van der Waals surface area contributed by atoms with Gasteiger partial charge in [0.25, 0.3) is 0 Å². The molecule has 1 aromatic carbocycles. The van der Waals surface area contributed by atoms with E-state index >= 15 is 0 Å². The summed E-state index contributed by atoms with van der Waals surface area (Å²) in [5.74, 6) is 1.59. The van der Waals surface area contributed by atoms with Crippen LogP contribution in [0.1, 0.15) is 5.82 Å². The summed E-state index contributed by atoms with van der Waals surface area (Å²) in [6.45, 7) is 0.395. The number of halogens is 2. The molecule has 0 amide bonds. The number of aromatic nitrogens is 4. The van der Waals surface area contributed by atoms with Crippen molar-refractivity contribution in [1.82, 2.24) is 19.9 Å². The van der Waals surface area contributed by atoms with Crippen LogP contribution in [0.5, 0.6) is 0 Å². The molecular formula is C13H10Cl2N6. The van der Waals surface area contributed by atoms with Crippen molar-refractivity contribution in [3.63, 3.8) is 0 Å². The van der Waals surface area contributed by atoms with E-state index in [0.29, 0.717) is 45.1 Å². The third kappa shape index (κ3) is 3.12. The zero-order valence-electron chi connectivity index (χ0n) is 10.7. The predicted octanol–water partition coefficient (Wildman–Crippen LogP) is 2.92. The van der Waals surface area contributed by atoms with Crippen LogP contribution in [0, 0.1) is 0 Å². The fraction of sp³-hybridized carbons (Fsp3) is 0.0769. The summed E-state index contributed by atoms with van der Waals surface area (Å²) in [4.78, 5) is 16.9. The molecule has 2 aromatic heterocycles. The highest BCUT2D eigenvalue weighted by Crippen LogP contribution is 2.26. The number of rotatable bonds is 3. The lowest BCUT2D eigenvalue weighted by molar-refractivity contribution is 0.946. The topological polar surface area (TPSA) is 89.6 Å². The zero-order valence-corrected chi connectivity index (χ0v) is 12.2. The zero-order chi connectivity index (χ0) is 14.8. The smallest absolute Gasteiger partial charge is 0.149 e. The molecule has 0 unspecified atom stereocenters. The molecule has 0 atom stereocenters. The van der Waals surface area contributed by atoms with E-state index in [2.05, 4.69) is 25.3 Å². The minimum atomic E-state index is 0.395. The standard InChI is InChI=1S/C13H10Cl2N6/c14-7-3-9-10(4-8(7)15)20-13(5-18-9)19-6-12-17-2-1-11(16)21-12/h1-5H,6H2,(H,19,20)(H2,16,17,21). The Kier molecular flexibility index (Phi) is 3.72. The third-order valence-corrected chi connectivity index (χ3v) is 3.46. The summed E-state index contributed by atoms with van der Waals surface area (Å²) >= 11 is 11.9. The molecule has 0 aliphatic carbocycles. The summed E-state index contributed by atoms with van der Waals surface area (Å²) in [7, 11) is 0. The van der Waals surface area contributed by atoms with E-state index in [1.807, 2.05) is 0 Å². The fourth-order valence-corrected chi connectivity index (χ4v) is 2.08. The van der Waals surface area contributed by atoms with Gasteiger partial charge in [0.2, 0.25) is 0 Å². The Balaban J connectivity index is 1.83. The van der Waals surface area contributed by atoms with Crippen molar-refractivity contribution in [3.8, 4) is 0 Å². The maximum absolute atomic E-state index is 5.98. The van der Waals surface area contributed by atoms with Crippen LogP contribution in [0.15, 0.2) is 30.6 Å². The highest BCUT2D eigenvalue weighted by molar-refractivity contribution is 6.42. The quantitative estimate of drug-likeness (QED) is 0.771. The van der Waals surface area contributed by atoms with Gasteiger partial charge in [-0.2, -0.15) is 0 Å². The first kappa shape index (κ1) is 13.8. The first-order valence-corrected chi connectivity index (χ1v) is 6.80. The van der Waals surface area contributed by atoms with E-state index in [1.54, 1.807) is 30.6 Å². The Morgan fingerprint density at radius 2 is 1.81 bits per heavy atom. The van der Waals surface area contributed by atoms with Crippen LogP contribution in [0.2, 0.25) is 10.0 Å². The number of nitrogens with zero attached hydrogens (tertiary/aromatic N) is 4. The second-order valence-electron chi connectivity index (χ2n) is 4.26. The lowest BCUT2D eigenvalue weighted by atomic mass is 10.3. The molecule has 3 rings (SSSR count). The summed E-state index contributed by atoms with van der Waals surface area (Å²) in [6.07, 6.45) is 3.21. The van der Waals surface area contributed by atoms with E-state index in [4.69, 9.17) is 28.9 Å². The molecule has 3 aromatic rings. The summed E-state index contributed by atoms with van der Waals surface area (Å²) in [6, 6.07) is 4.98. The van der Waals surface area contributed by atoms with Gasteiger partial charge in [0.05, 0.1) is 33.8 Å². The third-order valence-electron chi connectivity index (χ3n) is 2.74. The van der Waals surface area contributed by atoms with E-state index in [1.165, 1.54) is 0 Å². The van der Waals surface area contributed by atoms with Crippen molar-refractivity contribution < 1.29 is 0 Å². The molecule has 2 heterocycles. The van der Waals surface area contributed by atoms with Crippen LogP contribution >= 0.6 is 23.2 Å². The number of hydrogen-bond acceptors (Lipinski definition) is 6. The van der Waals surface area contributed by atoms with Gasteiger partial charge >= 0.3 is 0 Å². The molecular weight excluding hydrogens is 311 g/mol. The second kappa shape index (κ2) is 5.67. The van der Waals surface area contributed by atoms with E-state index in [0.717, 1.165) is 0 Å². The largest absolute Gasteiger partial charge is 0.384 e. The van der Waals surface area contributed by atoms with Crippen LogP contribution in [0.3, 0.4) is 0 Å². The number of nitrogen functional groups attached to an aromatic ring is 1. The van der Waals surface area contributed by atoms with Gasteiger partial charge in [0, 0.05) is 6.20 Å². The summed E-state index contributed by atoms with van der Waals surface area (Å²) < 4.78 is 0. The summed E-state index contributed by atoms with van der Waals surface area (Å²) in [5.41, 5.74) is 6.93. The van der Waals surface area contributed by atoms with Gasteiger partial charge in [-0.25, -0.2) is 15.0 Å². The van der Waals surface area contributed by atoms with Crippen molar-refractivity contribution in [1.29, 1.82) is 0 Å². The number of hydrogen-bond donors (Lipinski definition) is 2. The monoisotopic (exact) mass is 320 g/mol. The van der Waals surface area contributed by atoms with Crippen LogP contribution < -0.4 is 11.1 Å². The highest BCUT2D eigenvalue weighted by Gasteiger charge is 2.05. The Morgan fingerprint density at radius 3 is 2.57 bits per heavy atom. The van der Waals surface area contributed by atoms with Gasteiger partial charge in [-0.3, -0.25) is 4.98 Å². The van der Waals surface area contributed by atoms with Gasteiger partial charge in [-0.15, -0.1) is 0 Å². The van der Waals surface area contributed by atoms with Crippen molar-refractivity contribution in [2.24, 2.45) is 0 Å². The molecule has 0 bridgehead atoms. The lowest BCUT2D eigenvalue weighted by Crippen LogP contribution is -2.07. The molecule has 0 aliphatic rings. The Labute approximate surface area is 130 Å². The molecule has 21 heavy (non-hydrogen) atoms. The van der Waals surface area contributed by atoms with E-state index in [9.17, 15) is 0 Å². The van der Waals surface area contributed by atoms with E-state index in [-0.39, 0.29) is 0 Å². The SMILES string of the molecule is Nc1ccnc(CNc2cnc3cc(Cl)c(Cl)cc3n2)n1. The molecule has 8 heteroatoms. The molecule has 0 aliphatic heterocycles. The van der Waals surface area contributed by atoms with Crippen molar-refractivity contribution in [2.75, 3.05) is 11.1 Å². The molecule has 106 valence electrons. The minimum absolute atomic E-state index is 0.395. The van der Waals surface area contributed by atoms with Crippen molar-refractivity contribution >= 4 is 45.9 Å². The van der Waals surface area contributed by atoms with Gasteiger partial charge in [-0.1, -0.05) is 23.2 Å². The van der Waals surface area contributed by atoms with Gasteiger partial charge in [0.1, 0.15) is 17.5 Å². The second-order valence-corrected chi connectivity index (χ2v) is 5.08. The van der Waals surface area contributed by atoms with Crippen LogP contribution in [-0.4, -0.2) is 19.9 Å². The van der Waals surface area contributed by atoms with Crippen molar-refractivity contribution in [2.45, 2.75) is 6.54 Å². The molecule has 0 fully saturated rings. The molecule has 0 saturated heterocycles. The average Bonchev–Trinajstić information content (AvgIpc) is 2.46. The molecule has 0 spiro atoms. The summed E-state index contributed by atoms with van der Waals surface area (Å²) in [5, 5.41) is 3.97. The highest BCUT2D eigenvalue weighted by atomic mass is 35.5. The Bertz CT molecular complexity index is 808. The maximum Gasteiger partial charge on any atom is 0.149 e. The number of nitrogens with one attached hydrogen (secondary N) is 1. The Hall–Kier alpha value is -2.18. The van der Waals surface area contributed by atoms with Gasteiger partial charge in [0.15, 0.2) is 0 Å². The minimum Gasteiger partial charge on any atom is -0.384 e. The average molecular weight is 321 g/mol. The first-order chi connectivity index (χ1) is 10.1.